The minimum atomic E-state index is -0.823. The van der Waals surface area contributed by atoms with Crippen molar-refractivity contribution in [2.24, 2.45) is 5.92 Å². The van der Waals surface area contributed by atoms with Crippen LogP contribution in [0.3, 0.4) is 0 Å². The Morgan fingerprint density at radius 2 is 1.76 bits per heavy atom. The molecule has 3 atom stereocenters. The summed E-state index contributed by atoms with van der Waals surface area (Å²) in [6, 6.07) is 0. The summed E-state index contributed by atoms with van der Waals surface area (Å²) in [4.78, 5) is 0. The van der Waals surface area contributed by atoms with Crippen molar-refractivity contribution >= 4 is 0 Å². The smallest absolute Gasteiger partial charge is 0.109 e. The lowest BCUT2D eigenvalue weighted by atomic mass is 9.96. The Morgan fingerprint density at radius 1 is 1.24 bits per heavy atom. The van der Waals surface area contributed by atoms with Crippen LogP contribution < -0.4 is 0 Å². The van der Waals surface area contributed by atoms with Crippen molar-refractivity contribution in [3.8, 4) is 0 Å². The second-order valence-corrected chi connectivity index (χ2v) is 5.39. The standard InChI is InChI=1S/C13H28O4/c1-7-13(4,5)17-12(9(2)3)11(15)10(8-14)16-6/h9-12,14-15H,7-8H2,1-6H3. The first-order valence-corrected chi connectivity index (χ1v) is 6.28. The van der Waals surface area contributed by atoms with E-state index in [1.165, 1.54) is 7.11 Å². The highest BCUT2D eigenvalue weighted by molar-refractivity contribution is 4.82. The Labute approximate surface area is 105 Å². The molecule has 3 unspecified atom stereocenters. The van der Waals surface area contributed by atoms with Crippen LogP contribution in [0, 0.1) is 5.92 Å². The summed E-state index contributed by atoms with van der Waals surface area (Å²) < 4.78 is 11.0. The first kappa shape index (κ1) is 16.8. The summed E-state index contributed by atoms with van der Waals surface area (Å²) in [5.41, 5.74) is -0.288. The van der Waals surface area contributed by atoms with E-state index >= 15 is 0 Å². The van der Waals surface area contributed by atoms with Gasteiger partial charge in [-0.2, -0.15) is 0 Å². The molecule has 0 fully saturated rings. The van der Waals surface area contributed by atoms with Crippen molar-refractivity contribution in [1.29, 1.82) is 0 Å². The zero-order chi connectivity index (χ0) is 13.6. The molecule has 0 radical (unpaired) electrons. The van der Waals surface area contributed by atoms with Crippen LogP contribution >= 0.6 is 0 Å². The largest absolute Gasteiger partial charge is 0.394 e. The molecule has 0 aliphatic heterocycles. The van der Waals surface area contributed by atoms with Crippen LogP contribution in [0.1, 0.15) is 41.0 Å². The van der Waals surface area contributed by atoms with Crippen LogP contribution in [0.4, 0.5) is 0 Å². The van der Waals surface area contributed by atoms with E-state index in [9.17, 15) is 5.11 Å². The molecule has 0 spiro atoms. The molecule has 0 amide bonds. The minimum absolute atomic E-state index is 0.153. The van der Waals surface area contributed by atoms with E-state index in [0.29, 0.717) is 0 Å². The van der Waals surface area contributed by atoms with Crippen LogP contribution in [0.2, 0.25) is 0 Å². The predicted octanol–water partition coefficient (Wildman–Crippen LogP) is 1.58. The second kappa shape index (κ2) is 7.31. The topological polar surface area (TPSA) is 58.9 Å². The van der Waals surface area contributed by atoms with Crippen LogP contribution in [0.15, 0.2) is 0 Å². The van der Waals surface area contributed by atoms with Crippen molar-refractivity contribution in [1.82, 2.24) is 0 Å². The number of hydrogen-bond donors (Lipinski definition) is 2. The minimum Gasteiger partial charge on any atom is -0.394 e. The van der Waals surface area contributed by atoms with Gasteiger partial charge in [0.1, 0.15) is 12.2 Å². The SMILES string of the molecule is CCC(C)(C)OC(C(C)C)C(O)C(CO)OC. The van der Waals surface area contributed by atoms with Gasteiger partial charge >= 0.3 is 0 Å². The van der Waals surface area contributed by atoms with Gasteiger partial charge in [-0.1, -0.05) is 20.8 Å². The Morgan fingerprint density at radius 3 is 2.06 bits per heavy atom. The molecule has 0 heterocycles. The molecular formula is C13H28O4. The van der Waals surface area contributed by atoms with Crippen LogP contribution in [-0.2, 0) is 9.47 Å². The maximum absolute atomic E-state index is 10.2. The number of rotatable bonds is 8. The fourth-order valence-electron chi connectivity index (χ4n) is 1.59. The molecule has 0 saturated carbocycles. The lowest BCUT2D eigenvalue weighted by molar-refractivity contribution is -0.172. The molecule has 4 nitrogen and oxygen atoms in total. The van der Waals surface area contributed by atoms with E-state index in [2.05, 4.69) is 0 Å². The van der Waals surface area contributed by atoms with Crippen molar-refractivity contribution in [2.45, 2.75) is 65.0 Å². The first-order valence-electron chi connectivity index (χ1n) is 6.28. The summed E-state index contributed by atoms with van der Waals surface area (Å²) in [5, 5.41) is 19.3. The molecule has 0 bridgehead atoms. The third-order valence-corrected chi connectivity index (χ3v) is 3.16. The summed E-state index contributed by atoms with van der Waals surface area (Å²) in [5.74, 6) is 0.153. The summed E-state index contributed by atoms with van der Waals surface area (Å²) in [6.45, 7) is 9.81. The fourth-order valence-corrected chi connectivity index (χ4v) is 1.59. The van der Waals surface area contributed by atoms with E-state index in [0.717, 1.165) is 6.42 Å². The summed E-state index contributed by atoms with van der Waals surface area (Å²) in [7, 11) is 1.48. The molecule has 0 aliphatic carbocycles. The Kier molecular flexibility index (Phi) is 7.24. The highest BCUT2D eigenvalue weighted by atomic mass is 16.5. The van der Waals surface area contributed by atoms with Gasteiger partial charge in [-0.25, -0.2) is 0 Å². The second-order valence-electron chi connectivity index (χ2n) is 5.39. The molecule has 0 rings (SSSR count). The van der Waals surface area contributed by atoms with Gasteiger partial charge in [0.25, 0.3) is 0 Å². The monoisotopic (exact) mass is 248 g/mol. The van der Waals surface area contributed by atoms with Crippen LogP contribution in [0.5, 0.6) is 0 Å². The molecule has 2 N–H and O–H groups in total. The van der Waals surface area contributed by atoms with Gasteiger partial charge in [0.15, 0.2) is 0 Å². The maximum Gasteiger partial charge on any atom is 0.109 e. The lowest BCUT2D eigenvalue weighted by Crippen LogP contribution is -2.48. The Hall–Kier alpha value is -0.160. The van der Waals surface area contributed by atoms with Gasteiger partial charge in [0.05, 0.1) is 18.3 Å². The third kappa shape index (κ3) is 5.34. The zero-order valence-electron chi connectivity index (χ0n) is 11.9. The first-order chi connectivity index (χ1) is 7.79. The average Bonchev–Trinajstić information content (AvgIpc) is 2.27. The zero-order valence-corrected chi connectivity index (χ0v) is 11.9. The number of aliphatic hydroxyl groups is 2. The van der Waals surface area contributed by atoms with Gasteiger partial charge in [-0.3, -0.25) is 0 Å². The number of methoxy groups -OCH3 is 1. The molecule has 0 saturated heterocycles. The quantitative estimate of drug-likeness (QED) is 0.685. The van der Waals surface area contributed by atoms with E-state index in [1.54, 1.807) is 0 Å². The van der Waals surface area contributed by atoms with Crippen molar-refractivity contribution < 1.29 is 19.7 Å². The molecule has 17 heavy (non-hydrogen) atoms. The highest BCUT2D eigenvalue weighted by Crippen LogP contribution is 2.24. The van der Waals surface area contributed by atoms with Gasteiger partial charge in [0, 0.05) is 7.11 Å². The Bertz CT molecular complexity index is 200. The highest BCUT2D eigenvalue weighted by Gasteiger charge is 2.34. The van der Waals surface area contributed by atoms with Gasteiger partial charge in [-0.05, 0) is 26.2 Å². The van der Waals surface area contributed by atoms with Crippen LogP contribution in [0.25, 0.3) is 0 Å². The van der Waals surface area contributed by atoms with Crippen molar-refractivity contribution in [3.05, 3.63) is 0 Å². The number of aliphatic hydroxyl groups excluding tert-OH is 2. The predicted molar refractivity (Wildman–Crippen MR) is 68.0 cm³/mol. The van der Waals surface area contributed by atoms with E-state index in [-0.39, 0.29) is 24.2 Å². The van der Waals surface area contributed by atoms with Gasteiger partial charge in [-0.15, -0.1) is 0 Å². The van der Waals surface area contributed by atoms with E-state index in [1.807, 2.05) is 34.6 Å². The molecule has 104 valence electrons. The van der Waals surface area contributed by atoms with Crippen molar-refractivity contribution in [2.75, 3.05) is 13.7 Å². The number of ether oxygens (including phenoxy) is 2. The lowest BCUT2D eigenvalue weighted by Gasteiger charge is -2.37. The summed E-state index contributed by atoms with van der Waals surface area (Å²) in [6.07, 6.45) is -0.910. The normalized spacial score (nSPS) is 18.2. The van der Waals surface area contributed by atoms with E-state index < -0.39 is 12.2 Å². The molecule has 0 aliphatic rings. The molecule has 0 aromatic carbocycles. The Balaban J connectivity index is 4.73. The molecule has 4 heteroatoms. The summed E-state index contributed by atoms with van der Waals surface area (Å²) >= 11 is 0. The maximum atomic E-state index is 10.2. The van der Waals surface area contributed by atoms with Gasteiger partial charge < -0.3 is 19.7 Å². The fraction of sp³-hybridized carbons (Fsp3) is 1.00. The third-order valence-electron chi connectivity index (χ3n) is 3.16. The molecule has 0 aromatic rings. The van der Waals surface area contributed by atoms with E-state index in [4.69, 9.17) is 14.6 Å². The van der Waals surface area contributed by atoms with Crippen LogP contribution in [-0.4, -0.2) is 47.8 Å². The van der Waals surface area contributed by atoms with Crippen molar-refractivity contribution in [3.63, 3.8) is 0 Å². The van der Waals surface area contributed by atoms with Gasteiger partial charge in [0.2, 0.25) is 0 Å². The molecule has 0 aromatic heterocycles. The average molecular weight is 248 g/mol. The molecular weight excluding hydrogens is 220 g/mol. The number of hydrogen-bond acceptors (Lipinski definition) is 4.